The fourth-order valence-corrected chi connectivity index (χ4v) is 1.32. The minimum absolute atomic E-state index is 0.485. The summed E-state index contributed by atoms with van der Waals surface area (Å²) < 4.78 is 0. The van der Waals surface area contributed by atoms with E-state index in [1.165, 1.54) is 0 Å². The summed E-state index contributed by atoms with van der Waals surface area (Å²) >= 11 is 0. The molecule has 0 aromatic heterocycles. The molecule has 0 aliphatic heterocycles. The summed E-state index contributed by atoms with van der Waals surface area (Å²) in [5.74, 6) is -1.88. The van der Waals surface area contributed by atoms with Gasteiger partial charge in [-0.25, -0.2) is 0 Å². The summed E-state index contributed by atoms with van der Waals surface area (Å²) in [6.45, 7) is 3.73. The summed E-state index contributed by atoms with van der Waals surface area (Å²) in [5.41, 5.74) is 2.56. The number of hydrogen-bond acceptors (Lipinski definition) is 3. The van der Waals surface area contributed by atoms with E-state index in [1.54, 1.807) is 0 Å². The smallest absolute Gasteiger partial charge is 0.248 e. The molecular weight excluding hydrogens is 206 g/mol. The predicted octanol–water partition coefficient (Wildman–Crippen LogP) is 0.548. The number of anilines is 1. The molecule has 4 heteroatoms. The Morgan fingerprint density at radius 3 is 2.25 bits per heavy atom. The number of benzene rings is 1. The molecule has 0 saturated heterocycles. The Morgan fingerprint density at radius 2 is 1.75 bits per heavy atom. The molecule has 16 heavy (non-hydrogen) atoms. The van der Waals surface area contributed by atoms with Crippen molar-refractivity contribution in [1.82, 2.24) is 0 Å². The summed E-state index contributed by atoms with van der Waals surface area (Å²) in [7, 11) is 0. The minimum atomic E-state index is -1.39. The largest absolute Gasteiger partial charge is 0.545 e. The molecule has 0 bridgehead atoms. The van der Waals surface area contributed by atoms with Crippen LogP contribution in [0.15, 0.2) is 30.4 Å². The van der Waals surface area contributed by atoms with E-state index >= 15 is 0 Å². The molecule has 0 saturated carbocycles. The van der Waals surface area contributed by atoms with Crippen LogP contribution < -0.4 is 10.4 Å². The Balaban J connectivity index is 2.81. The van der Waals surface area contributed by atoms with Crippen molar-refractivity contribution in [3.8, 4) is 0 Å². The molecule has 4 nitrogen and oxygen atoms in total. The lowest BCUT2D eigenvalue weighted by Crippen LogP contribution is -2.20. The lowest BCUT2D eigenvalue weighted by Gasteiger charge is -2.09. The molecule has 0 heterocycles. The normalized spacial score (nSPS) is 10.4. The second-order valence-electron chi connectivity index (χ2n) is 3.41. The van der Waals surface area contributed by atoms with Crippen LogP contribution in [0.1, 0.15) is 11.1 Å². The molecule has 1 rings (SSSR count). The Bertz CT molecular complexity index is 429. The zero-order valence-corrected chi connectivity index (χ0v) is 9.11. The molecule has 0 spiro atoms. The number of rotatable bonds is 3. The number of carbonyl (C=O) groups is 2. The van der Waals surface area contributed by atoms with Crippen LogP contribution in [0.25, 0.3) is 0 Å². The first-order valence-corrected chi connectivity index (χ1v) is 4.77. The fraction of sp³-hybridized carbons (Fsp3) is 0.167. The van der Waals surface area contributed by atoms with Gasteiger partial charge in [-0.05, 0) is 31.1 Å². The number of amides is 1. The topological polar surface area (TPSA) is 69.2 Å². The molecule has 0 radical (unpaired) electrons. The molecule has 0 atom stereocenters. The lowest BCUT2D eigenvalue weighted by molar-refractivity contribution is -0.297. The molecule has 1 aromatic carbocycles. The van der Waals surface area contributed by atoms with Crippen molar-refractivity contribution in [3.05, 3.63) is 41.5 Å². The highest BCUT2D eigenvalue weighted by molar-refractivity contribution is 6.02. The number of carboxylic acid groups (broad SMARTS) is 1. The number of nitrogens with one attached hydrogen (secondary N) is 1. The molecular formula is C12H12NO3-. The van der Waals surface area contributed by atoms with Gasteiger partial charge in [-0.3, -0.25) is 4.79 Å². The van der Waals surface area contributed by atoms with Crippen molar-refractivity contribution in [1.29, 1.82) is 0 Å². The second-order valence-corrected chi connectivity index (χ2v) is 3.41. The third-order valence-corrected chi connectivity index (χ3v) is 2.10. The van der Waals surface area contributed by atoms with Crippen molar-refractivity contribution in [2.45, 2.75) is 13.8 Å². The van der Waals surface area contributed by atoms with E-state index in [9.17, 15) is 14.7 Å². The van der Waals surface area contributed by atoms with Gasteiger partial charge in [0.2, 0.25) is 5.91 Å². The van der Waals surface area contributed by atoms with Crippen LogP contribution in [-0.4, -0.2) is 11.9 Å². The molecule has 0 aliphatic rings. The zero-order valence-electron chi connectivity index (χ0n) is 9.11. The number of carboxylic acids is 1. The van der Waals surface area contributed by atoms with E-state index in [2.05, 4.69) is 5.32 Å². The number of carbonyl (C=O) groups excluding carboxylic acids is 2. The van der Waals surface area contributed by atoms with Crippen LogP contribution in [0.5, 0.6) is 0 Å². The Kier molecular flexibility index (Phi) is 3.83. The number of aryl methyl sites for hydroxylation is 2. The maximum atomic E-state index is 11.3. The standard InChI is InChI=1S/C12H13NO3/c1-8-4-3-5-9(2)12(8)13-10(14)6-7-11(15)16/h3-7H,1-2H3,(H,13,14)(H,15,16)/p-1/b7-6+. The second kappa shape index (κ2) is 5.11. The first-order valence-electron chi connectivity index (χ1n) is 4.77. The van der Waals surface area contributed by atoms with Crippen LogP contribution in [0.4, 0.5) is 5.69 Å². The third kappa shape index (κ3) is 3.24. The minimum Gasteiger partial charge on any atom is -0.545 e. The van der Waals surface area contributed by atoms with Gasteiger partial charge in [0, 0.05) is 11.8 Å². The monoisotopic (exact) mass is 218 g/mol. The Morgan fingerprint density at radius 1 is 1.19 bits per heavy atom. The highest BCUT2D eigenvalue weighted by Crippen LogP contribution is 2.19. The van der Waals surface area contributed by atoms with Gasteiger partial charge in [0.25, 0.3) is 0 Å². The molecule has 0 fully saturated rings. The van der Waals surface area contributed by atoms with Gasteiger partial charge in [0.1, 0.15) is 0 Å². The van der Waals surface area contributed by atoms with Crippen molar-refractivity contribution in [2.24, 2.45) is 0 Å². The number of hydrogen-bond donors (Lipinski definition) is 1. The van der Waals surface area contributed by atoms with Crippen LogP contribution in [-0.2, 0) is 9.59 Å². The number of para-hydroxylation sites is 1. The molecule has 0 aliphatic carbocycles. The Hall–Kier alpha value is -2.10. The van der Waals surface area contributed by atoms with Crippen LogP contribution >= 0.6 is 0 Å². The van der Waals surface area contributed by atoms with Gasteiger partial charge in [0.05, 0.1) is 5.97 Å². The quantitative estimate of drug-likeness (QED) is 0.753. The van der Waals surface area contributed by atoms with E-state index in [1.807, 2.05) is 32.0 Å². The van der Waals surface area contributed by atoms with Crippen molar-refractivity contribution < 1.29 is 14.7 Å². The van der Waals surface area contributed by atoms with E-state index < -0.39 is 11.9 Å². The van der Waals surface area contributed by atoms with Crippen LogP contribution in [0, 0.1) is 13.8 Å². The lowest BCUT2D eigenvalue weighted by atomic mass is 10.1. The highest BCUT2D eigenvalue weighted by Gasteiger charge is 2.03. The van der Waals surface area contributed by atoms with E-state index in [-0.39, 0.29) is 0 Å². The molecule has 1 aromatic rings. The summed E-state index contributed by atoms with van der Waals surface area (Å²) in [6.07, 6.45) is 1.63. The van der Waals surface area contributed by atoms with Crippen molar-refractivity contribution in [2.75, 3.05) is 5.32 Å². The van der Waals surface area contributed by atoms with E-state index in [4.69, 9.17) is 0 Å². The average molecular weight is 218 g/mol. The van der Waals surface area contributed by atoms with Crippen molar-refractivity contribution in [3.63, 3.8) is 0 Å². The fourth-order valence-electron chi connectivity index (χ4n) is 1.32. The zero-order chi connectivity index (χ0) is 12.1. The Labute approximate surface area is 93.6 Å². The van der Waals surface area contributed by atoms with Gasteiger partial charge in [-0.1, -0.05) is 18.2 Å². The average Bonchev–Trinajstić information content (AvgIpc) is 2.21. The summed E-state index contributed by atoms with van der Waals surface area (Å²) in [4.78, 5) is 21.4. The first-order chi connectivity index (χ1) is 7.50. The molecule has 1 amide bonds. The predicted molar refractivity (Wildman–Crippen MR) is 58.7 cm³/mol. The van der Waals surface area contributed by atoms with E-state index in [0.717, 1.165) is 17.2 Å². The maximum absolute atomic E-state index is 11.3. The first kappa shape index (κ1) is 12.0. The van der Waals surface area contributed by atoms with Gasteiger partial charge in [-0.15, -0.1) is 0 Å². The summed E-state index contributed by atoms with van der Waals surface area (Å²) in [5, 5.41) is 12.7. The maximum Gasteiger partial charge on any atom is 0.248 e. The molecule has 84 valence electrons. The van der Waals surface area contributed by atoms with Crippen LogP contribution in [0.3, 0.4) is 0 Å². The molecule has 1 N–H and O–H groups in total. The van der Waals surface area contributed by atoms with Gasteiger partial charge in [-0.2, -0.15) is 0 Å². The summed E-state index contributed by atoms with van der Waals surface area (Å²) in [6, 6.07) is 5.62. The third-order valence-electron chi connectivity index (χ3n) is 2.10. The van der Waals surface area contributed by atoms with Crippen LogP contribution in [0.2, 0.25) is 0 Å². The SMILES string of the molecule is Cc1cccc(C)c1NC(=O)/C=C/C(=O)[O-]. The van der Waals surface area contributed by atoms with Crippen molar-refractivity contribution >= 4 is 17.6 Å². The highest BCUT2D eigenvalue weighted by atomic mass is 16.4. The van der Waals surface area contributed by atoms with Gasteiger partial charge >= 0.3 is 0 Å². The van der Waals surface area contributed by atoms with Gasteiger partial charge < -0.3 is 15.2 Å². The number of aliphatic carboxylic acids is 1. The van der Waals surface area contributed by atoms with E-state index in [0.29, 0.717) is 11.8 Å². The molecule has 0 unspecified atom stereocenters. The van der Waals surface area contributed by atoms with Gasteiger partial charge in [0.15, 0.2) is 0 Å².